The molecule has 2 rings (SSSR count). The third kappa shape index (κ3) is 2.36. The van der Waals surface area contributed by atoms with E-state index in [9.17, 15) is 4.79 Å². The number of carbonyl (C=O) groups is 1. The number of amides is 1. The van der Waals surface area contributed by atoms with Crippen LogP contribution in [0.1, 0.15) is 11.5 Å². The molecule has 0 bridgehead atoms. The van der Waals surface area contributed by atoms with Crippen LogP contribution < -0.4 is 5.73 Å². The normalized spacial score (nSPS) is 11.5. The third-order valence-corrected chi connectivity index (χ3v) is 2.65. The molecule has 4 heteroatoms. The lowest BCUT2D eigenvalue weighted by atomic mass is 9.97. The Morgan fingerprint density at radius 2 is 1.94 bits per heavy atom. The van der Waals surface area contributed by atoms with E-state index in [4.69, 9.17) is 11.0 Å². The van der Waals surface area contributed by atoms with Crippen LogP contribution in [0.25, 0.3) is 11.1 Å². The van der Waals surface area contributed by atoms with Crippen molar-refractivity contribution in [2.45, 2.75) is 5.92 Å². The zero-order valence-corrected chi connectivity index (χ0v) is 9.58. The summed E-state index contributed by atoms with van der Waals surface area (Å²) < 4.78 is 0. The Hall–Kier alpha value is -2.67. The Labute approximate surface area is 105 Å². The van der Waals surface area contributed by atoms with Crippen LogP contribution in [0.4, 0.5) is 0 Å². The Balaban J connectivity index is 2.32. The van der Waals surface area contributed by atoms with Gasteiger partial charge in [0.1, 0.15) is 5.92 Å². The molecule has 88 valence electrons. The van der Waals surface area contributed by atoms with E-state index in [-0.39, 0.29) is 0 Å². The van der Waals surface area contributed by atoms with E-state index >= 15 is 0 Å². The van der Waals surface area contributed by atoms with Gasteiger partial charge in [0.2, 0.25) is 5.91 Å². The zero-order chi connectivity index (χ0) is 13.0. The second kappa shape index (κ2) is 5.11. The molecule has 0 fully saturated rings. The molecule has 18 heavy (non-hydrogen) atoms. The van der Waals surface area contributed by atoms with Crippen LogP contribution in [0.2, 0.25) is 0 Å². The van der Waals surface area contributed by atoms with Crippen molar-refractivity contribution in [1.29, 1.82) is 5.26 Å². The van der Waals surface area contributed by atoms with Gasteiger partial charge < -0.3 is 5.73 Å². The lowest BCUT2D eigenvalue weighted by Gasteiger charge is -2.06. The molecular weight excluding hydrogens is 226 g/mol. The summed E-state index contributed by atoms with van der Waals surface area (Å²) in [6.45, 7) is 0. The van der Waals surface area contributed by atoms with Gasteiger partial charge in [-0.1, -0.05) is 30.3 Å². The first-order valence-electron chi connectivity index (χ1n) is 5.41. The predicted octanol–water partition coefficient (Wildman–Crippen LogP) is 1.84. The van der Waals surface area contributed by atoms with E-state index in [2.05, 4.69) is 4.98 Å². The van der Waals surface area contributed by atoms with E-state index in [1.807, 2.05) is 30.3 Å². The number of hydrogen-bond acceptors (Lipinski definition) is 3. The summed E-state index contributed by atoms with van der Waals surface area (Å²) in [6.07, 6.45) is 3.46. The van der Waals surface area contributed by atoms with Crippen LogP contribution >= 0.6 is 0 Å². The number of benzene rings is 1. The topological polar surface area (TPSA) is 79.8 Å². The molecule has 1 atom stereocenters. The fourth-order valence-corrected chi connectivity index (χ4v) is 1.70. The zero-order valence-electron chi connectivity index (χ0n) is 9.58. The lowest BCUT2D eigenvalue weighted by Crippen LogP contribution is -2.19. The van der Waals surface area contributed by atoms with Crippen LogP contribution in [0.3, 0.4) is 0 Å². The average Bonchev–Trinajstić information content (AvgIpc) is 2.41. The predicted molar refractivity (Wildman–Crippen MR) is 67.2 cm³/mol. The van der Waals surface area contributed by atoms with Crippen molar-refractivity contribution in [3.8, 4) is 17.2 Å². The second-order valence-corrected chi connectivity index (χ2v) is 3.83. The summed E-state index contributed by atoms with van der Waals surface area (Å²) in [4.78, 5) is 15.1. The number of rotatable bonds is 3. The molecule has 0 unspecified atom stereocenters. The van der Waals surface area contributed by atoms with Crippen molar-refractivity contribution in [3.63, 3.8) is 0 Å². The van der Waals surface area contributed by atoms with E-state index < -0.39 is 11.8 Å². The number of nitrogens with zero attached hydrogens (tertiary/aromatic N) is 2. The smallest absolute Gasteiger partial charge is 0.239 e. The number of aromatic nitrogens is 1. The molecule has 1 heterocycles. The van der Waals surface area contributed by atoms with Crippen molar-refractivity contribution < 1.29 is 4.79 Å². The summed E-state index contributed by atoms with van der Waals surface area (Å²) in [5, 5.41) is 8.88. The Morgan fingerprint density at radius 3 is 2.44 bits per heavy atom. The van der Waals surface area contributed by atoms with Gasteiger partial charge in [0.05, 0.1) is 6.07 Å². The van der Waals surface area contributed by atoms with Crippen molar-refractivity contribution >= 4 is 5.91 Å². The van der Waals surface area contributed by atoms with Gasteiger partial charge in [0.15, 0.2) is 0 Å². The quantitative estimate of drug-likeness (QED) is 0.884. The highest BCUT2D eigenvalue weighted by molar-refractivity contribution is 5.85. The van der Waals surface area contributed by atoms with Gasteiger partial charge in [-0.25, -0.2) is 0 Å². The Kier molecular flexibility index (Phi) is 3.35. The van der Waals surface area contributed by atoms with Crippen LogP contribution in [-0.4, -0.2) is 10.9 Å². The van der Waals surface area contributed by atoms with E-state index in [0.29, 0.717) is 5.56 Å². The van der Waals surface area contributed by atoms with Gasteiger partial charge in [-0.15, -0.1) is 0 Å². The number of hydrogen-bond donors (Lipinski definition) is 1. The number of carbonyl (C=O) groups excluding carboxylic acids is 1. The lowest BCUT2D eigenvalue weighted by molar-refractivity contribution is -0.118. The van der Waals surface area contributed by atoms with Crippen LogP contribution in [0.15, 0.2) is 48.8 Å². The SMILES string of the molecule is N#C[C@@H](C(N)=O)c1ccc(-c2cccnc2)cc1. The Morgan fingerprint density at radius 1 is 1.22 bits per heavy atom. The largest absolute Gasteiger partial charge is 0.368 e. The summed E-state index contributed by atoms with van der Waals surface area (Å²) in [5.41, 5.74) is 7.73. The van der Waals surface area contributed by atoms with Crippen molar-refractivity contribution in [3.05, 3.63) is 54.4 Å². The van der Waals surface area contributed by atoms with Gasteiger partial charge in [0, 0.05) is 12.4 Å². The minimum Gasteiger partial charge on any atom is -0.368 e. The van der Waals surface area contributed by atoms with Gasteiger partial charge in [-0.05, 0) is 22.8 Å². The summed E-state index contributed by atoms with van der Waals surface area (Å²) in [5.74, 6) is -1.53. The van der Waals surface area contributed by atoms with Crippen molar-refractivity contribution in [2.75, 3.05) is 0 Å². The molecule has 0 radical (unpaired) electrons. The molecular formula is C14H11N3O. The van der Waals surface area contributed by atoms with Crippen LogP contribution in [0.5, 0.6) is 0 Å². The molecule has 0 saturated heterocycles. The summed E-state index contributed by atoms with van der Waals surface area (Å²) >= 11 is 0. The molecule has 1 amide bonds. The highest BCUT2D eigenvalue weighted by Gasteiger charge is 2.16. The fraction of sp³-hybridized carbons (Fsp3) is 0.0714. The highest BCUT2D eigenvalue weighted by atomic mass is 16.1. The van der Waals surface area contributed by atoms with Crippen LogP contribution in [-0.2, 0) is 4.79 Å². The maximum atomic E-state index is 11.1. The molecule has 0 saturated carbocycles. The molecule has 0 aliphatic heterocycles. The van der Waals surface area contributed by atoms with Crippen molar-refractivity contribution in [2.24, 2.45) is 5.73 Å². The number of pyridine rings is 1. The number of nitriles is 1. The average molecular weight is 237 g/mol. The van der Waals surface area contributed by atoms with Gasteiger partial charge >= 0.3 is 0 Å². The van der Waals surface area contributed by atoms with E-state index in [0.717, 1.165) is 11.1 Å². The first kappa shape index (κ1) is 11.8. The maximum Gasteiger partial charge on any atom is 0.239 e. The monoisotopic (exact) mass is 237 g/mol. The molecule has 0 aliphatic rings. The molecule has 2 aromatic rings. The molecule has 2 N–H and O–H groups in total. The van der Waals surface area contributed by atoms with Gasteiger partial charge in [-0.2, -0.15) is 5.26 Å². The van der Waals surface area contributed by atoms with Crippen molar-refractivity contribution in [1.82, 2.24) is 4.98 Å². The third-order valence-electron chi connectivity index (χ3n) is 2.65. The molecule has 1 aromatic carbocycles. The number of primary amides is 1. The molecule has 1 aromatic heterocycles. The van der Waals surface area contributed by atoms with E-state index in [1.165, 1.54) is 0 Å². The minimum absolute atomic E-state index is 0.609. The van der Waals surface area contributed by atoms with Crippen LogP contribution in [0, 0.1) is 11.3 Å². The minimum atomic E-state index is -0.895. The molecule has 0 spiro atoms. The first-order chi connectivity index (χ1) is 8.72. The fourth-order valence-electron chi connectivity index (χ4n) is 1.70. The number of nitrogens with two attached hydrogens (primary N) is 1. The summed E-state index contributed by atoms with van der Waals surface area (Å²) in [7, 11) is 0. The maximum absolute atomic E-state index is 11.1. The van der Waals surface area contributed by atoms with Gasteiger partial charge in [-0.3, -0.25) is 9.78 Å². The molecule has 0 aliphatic carbocycles. The standard InChI is InChI=1S/C14H11N3O/c15-8-13(14(16)18)11-5-3-10(4-6-11)12-2-1-7-17-9-12/h1-7,9,13H,(H2,16,18)/t13-/m1/s1. The summed E-state index contributed by atoms with van der Waals surface area (Å²) in [6, 6.07) is 12.9. The Bertz CT molecular complexity index is 585. The molecule has 4 nitrogen and oxygen atoms in total. The van der Waals surface area contributed by atoms with Gasteiger partial charge in [0.25, 0.3) is 0 Å². The van der Waals surface area contributed by atoms with E-state index in [1.54, 1.807) is 24.5 Å². The highest BCUT2D eigenvalue weighted by Crippen LogP contribution is 2.21. The first-order valence-corrected chi connectivity index (χ1v) is 5.41. The second-order valence-electron chi connectivity index (χ2n) is 3.83.